The highest BCUT2D eigenvalue weighted by Gasteiger charge is 2.55. The van der Waals surface area contributed by atoms with E-state index < -0.39 is 255 Å². The highest BCUT2D eigenvalue weighted by molar-refractivity contribution is 7.80. The van der Waals surface area contributed by atoms with E-state index in [9.17, 15) is 157 Å². The van der Waals surface area contributed by atoms with E-state index in [2.05, 4.69) is 23.9 Å². The van der Waals surface area contributed by atoms with Crippen LogP contribution < -0.4 is 0 Å². The van der Waals surface area contributed by atoms with Crippen LogP contribution in [0.3, 0.4) is 0 Å². The summed E-state index contributed by atoms with van der Waals surface area (Å²) in [6, 6.07) is 0. The zero-order chi connectivity index (χ0) is 90.2. The Morgan fingerprint density at radius 1 is 0.442 bits per heavy atom. The topological polar surface area (TPSA) is 694 Å². The first-order valence-corrected chi connectivity index (χ1v) is 42.3. The Morgan fingerprint density at radius 3 is 1.52 bits per heavy atom. The van der Waals surface area contributed by atoms with Gasteiger partial charge in [0, 0.05) is 38.0 Å². The van der Waals surface area contributed by atoms with E-state index in [0.29, 0.717) is 44.1 Å². The molecule has 38 heteroatoms. The molecule has 37 nitrogen and oxygen atoms in total. The molecule has 0 aliphatic carbocycles. The van der Waals surface area contributed by atoms with Gasteiger partial charge in [-0.2, -0.15) is 8.42 Å². The molecular formula is C82H138O37S. The molecule has 0 bridgehead atoms. The van der Waals surface area contributed by atoms with Gasteiger partial charge < -0.3 is 167 Å². The Labute approximate surface area is 700 Å². The Bertz CT molecular complexity index is 3270. The normalized spacial score (nSPS) is 29.5. The Balaban J connectivity index is 1.13. The van der Waals surface area contributed by atoms with Crippen LogP contribution in [0.1, 0.15) is 149 Å². The predicted molar refractivity (Wildman–Crippen MR) is 430 cm³/mol. The number of aliphatic hydroxyl groups is 29. The van der Waals surface area contributed by atoms with Crippen LogP contribution in [0.5, 0.6) is 0 Å². The molecule has 0 spiro atoms. The summed E-state index contributed by atoms with van der Waals surface area (Å²) in [6.07, 6.45) is -35.2. The van der Waals surface area contributed by atoms with Gasteiger partial charge in [-0.25, -0.2) is 4.18 Å². The van der Waals surface area contributed by atoms with Crippen LogP contribution >= 0.6 is 0 Å². The molecule has 0 saturated carbocycles. The third-order valence-electron chi connectivity index (χ3n) is 22.1. The van der Waals surface area contributed by atoms with Crippen LogP contribution in [-0.4, -0.2) is 394 Å². The smallest absolute Gasteiger partial charge is 0.393 e. The van der Waals surface area contributed by atoms with Gasteiger partial charge in [0.2, 0.25) is 0 Å². The maximum absolute atomic E-state index is 11.2. The van der Waals surface area contributed by atoms with Crippen molar-refractivity contribution < 1.29 is 184 Å². The van der Waals surface area contributed by atoms with Gasteiger partial charge in [-0.3, -0.25) is 4.55 Å². The predicted octanol–water partition coefficient (Wildman–Crippen LogP) is -5.25. The maximum Gasteiger partial charge on any atom is 0.397 e. The van der Waals surface area contributed by atoms with Gasteiger partial charge in [0.05, 0.1) is 110 Å². The summed E-state index contributed by atoms with van der Waals surface area (Å²) in [5, 5.41) is 312. The molecule has 38 atom stereocenters. The Hall–Kier alpha value is -4.05. The third kappa shape index (κ3) is 37.1. The van der Waals surface area contributed by atoms with Crippen LogP contribution in [0.2, 0.25) is 0 Å². The molecule has 4 rings (SSSR count). The second-order valence-corrected chi connectivity index (χ2v) is 33.2. The summed E-state index contributed by atoms with van der Waals surface area (Å²) in [5.41, 5.74) is 0.328. The fourth-order valence-corrected chi connectivity index (χ4v) is 14.5. The molecule has 4 aliphatic rings. The lowest BCUT2D eigenvalue weighted by Crippen LogP contribution is -2.59. The molecule has 4 aliphatic heterocycles. The first-order chi connectivity index (χ1) is 56.3. The first-order valence-electron chi connectivity index (χ1n) is 40.9. The monoisotopic (exact) mass is 1750 g/mol. The molecule has 38 unspecified atom stereocenters. The van der Waals surface area contributed by atoms with Crippen molar-refractivity contribution in [2.75, 3.05) is 6.61 Å². The zero-order valence-corrected chi connectivity index (χ0v) is 68.7. The van der Waals surface area contributed by atoms with Gasteiger partial charge in [0.1, 0.15) is 122 Å². The summed E-state index contributed by atoms with van der Waals surface area (Å²) in [4.78, 5) is 0. The number of hydrogen-bond acceptors (Lipinski definition) is 36. The van der Waals surface area contributed by atoms with E-state index in [1.54, 1.807) is 42.5 Å². The number of aliphatic hydroxyl groups excluding tert-OH is 29. The van der Waals surface area contributed by atoms with Crippen LogP contribution in [0.15, 0.2) is 122 Å². The minimum absolute atomic E-state index is 0.0274. The molecule has 0 aromatic rings. The van der Waals surface area contributed by atoms with Crippen molar-refractivity contribution in [3.8, 4) is 0 Å². The standard InChI is InChI=1S/C82H138O37S/c1-6-7-22-46(83)24-13-14-25-48(85)27-16-19-29-52(89)69(104)78-72(107)61(98)41-63(117-78)76(111)65(100)43(3)21-12-17-30-53(90)77-80(118-77)73(108)58(95)39-59(96)75(110)82-81(119-82)74(109)57(94)38-56(93)68(103)64(99)44(4)32-34-50(87)62-40-60(97)71(106)79(116-62)70(105)54(91)36-42(2)31-33-49(86)37-55(92)67(102)45(5)66(101)51(88)28-18-15-26-47(84)23-11-9-8-10-20-35-115-120(112,113)114/h6,11,13-15,17-19,23-25,29-30,36,45-111H,1,3-4,7-10,12,16,20-22,26-28,31-35,37-41H2,2,5H3,(H,112,113,114). The van der Waals surface area contributed by atoms with Crippen LogP contribution in [0.4, 0.5) is 0 Å². The van der Waals surface area contributed by atoms with Gasteiger partial charge in [0.25, 0.3) is 0 Å². The molecule has 0 amide bonds. The maximum atomic E-state index is 11.2. The van der Waals surface area contributed by atoms with Crippen LogP contribution in [0, 0.1) is 5.92 Å². The van der Waals surface area contributed by atoms with Crippen molar-refractivity contribution in [2.24, 2.45) is 5.92 Å². The fourth-order valence-electron chi connectivity index (χ4n) is 14.1. The summed E-state index contributed by atoms with van der Waals surface area (Å²) in [6.45, 7) is 13.9. The van der Waals surface area contributed by atoms with Gasteiger partial charge >= 0.3 is 10.4 Å². The second-order valence-electron chi connectivity index (χ2n) is 32.2. The molecule has 30 N–H and O–H groups in total. The molecule has 0 radical (unpaired) electrons. The highest BCUT2D eigenvalue weighted by atomic mass is 32.3. The Morgan fingerprint density at radius 2 is 0.933 bits per heavy atom. The summed E-state index contributed by atoms with van der Waals surface area (Å²) in [5.74, 6) is -1.07. The largest absolute Gasteiger partial charge is 0.397 e. The highest BCUT2D eigenvalue weighted by Crippen LogP contribution is 2.37. The van der Waals surface area contributed by atoms with Crippen molar-refractivity contribution in [2.45, 2.75) is 375 Å². The van der Waals surface area contributed by atoms with Crippen LogP contribution in [-0.2, 0) is 33.5 Å². The lowest BCUT2D eigenvalue weighted by Gasteiger charge is -2.42. The molecule has 4 heterocycles. The first kappa shape index (κ1) is 108. The number of epoxide rings is 2. The molecule has 4 fully saturated rings. The minimum Gasteiger partial charge on any atom is -0.393 e. The van der Waals surface area contributed by atoms with E-state index >= 15 is 0 Å². The fraction of sp³-hybridized carbons (Fsp3) is 0.756. The number of hydrogen-bond donors (Lipinski definition) is 30. The number of ether oxygens (including phenoxy) is 4. The number of rotatable bonds is 61. The molecule has 694 valence electrons. The quantitative estimate of drug-likeness (QED) is 0.00889. The van der Waals surface area contributed by atoms with Crippen molar-refractivity contribution in [1.82, 2.24) is 0 Å². The van der Waals surface area contributed by atoms with E-state index in [4.69, 9.17) is 23.5 Å². The number of allylic oxidation sites excluding steroid dienone is 7. The van der Waals surface area contributed by atoms with Crippen molar-refractivity contribution in [3.05, 3.63) is 122 Å². The minimum atomic E-state index is -4.48. The molecule has 0 aromatic carbocycles. The van der Waals surface area contributed by atoms with Crippen LogP contribution in [0.25, 0.3) is 0 Å². The Kier molecular flexibility index (Phi) is 48.9. The third-order valence-corrected chi connectivity index (χ3v) is 22.6. The average Bonchev–Trinajstić information content (AvgIpc) is 1.66. The summed E-state index contributed by atoms with van der Waals surface area (Å²) >= 11 is 0. The summed E-state index contributed by atoms with van der Waals surface area (Å²) in [7, 11) is -4.48. The van der Waals surface area contributed by atoms with Crippen molar-refractivity contribution >= 4 is 10.4 Å². The molecular weight excluding hydrogens is 1610 g/mol. The molecule has 4 saturated heterocycles. The lowest BCUT2D eigenvalue weighted by molar-refractivity contribution is -0.233. The van der Waals surface area contributed by atoms with E-state index in [0.717, 1.165) is 0 Å². The summed E-state index contributed by atoms with van der Waals surface area (Å²) < 4.78 is 56.2. The SMILES string of the molecule is C=CCCC(O)C=CC=CC(O)CCC=CC(O)C(O)C1OC(C(O)C(O)C(=C)CCC=CC(O)C2OC2C(O)C(O)CC(O)C(O)C2OC2C(O)C(O)CC(O)C(O)C(O)C(=C)CCC(O)C2CC(O)C(O)C(C(O)C(O)C=C(C)CCC(O)CC(O)C(O)C(C)C(O)C(O)CC=CCC(O)C=CCCCCCOS(=O)(=O)O)O2)CC(O)C1O. The van der Waals surface area contributed by atoms with Crippen molar-refractivity contribution in [1.29, 1.82) is 0 Å². The van der Waals surface area contributed by atoms with Gasteiger partial charge in [-0.15, -0.1) is 6.58 Å². The van der Waals surface area contributed by atoms with E-state index in [1.807, 2.05) is 0 Å². The van der Waals surface area contributed by atoms with Gasteiger partial charge in [-0.05, 0) is 114 Å². The molecule has 120 heavy (non-hydrogen) atoms. The van der Waals surface area contributed by atoms with Gasteiger partial charge in [0.15, 0.2) is 0 Å². The zero-order valence-electron chi connectivity index (χ0n) is 67.9. The number of unbranched alkanes of at least 4 members (excludes halogenated alkanes) is 3. The second kappa shape index (κ2) is 54.2. The van der Waals surface area contributed by atoms with E-state index in [-0.39, 0.29) is 101 Å². The molecule has 0 aromatic heterocycles. The average molecular weight is 1750 g/mol. The van der Waals surface area contributed by atoms with Gasteiger partial charge in [-0.1, -0.05) is 117 Å². The lowest BCUT2D eigenvalue weighted by atomic mass is 9.87. The van der Waals surface area contributed by atoms with Crippen molar-refractivity contribution in [3.63, 3.8) is 0 Å². The van der Waals surface area contributed by atoms with E-state index in [1.165, 1.54) is 56.4 Å².